The Labute approximate surface area is 141 Å². The van der Waals surface area contributed by atoms with Crippen LogP contribution in [0.25, 0.3) is 0 Å². The third-order valence-electron chi connectivity index (χ3n) is 4.43. The standard InChI is InChI=1S/C19H22N2OS/c1-19(13-20)11-12-21(14-19)18(22)16-9-5-6-10-17(16)23-15-7-3-2-4-8-15/h2-10H,11-14,20H2,1H3. The number of hydrogen-bond acceptors (Lipinski definition) is 3. The lowest BCUT2D eigenvalue weighted by molar-refractivity contribution is 0.0773. The summed E-state index contributed by atoms with van der Waals surface area (Å²) in [5.74, 6) is 0.112. The summed E-state index contributed by atoms with van der Waals surface area (Å²) in [6.07, 6.45) is 0.975. The topological polar surface area (TPSA) is 46.3 Å². The van der Waals surface area contributed by atoms with Crippen LogP contribution in [0.5, 0.6) is 0 Å². The predicted molar refractivity (Wildman–Crippen MR) is 94.7 cm³/mol. The van der Waals surface area contributed by atoms with Gasteiger partial charge < -0.3 is 10.6 Å². The second-order valence-corrected chi connectivity index (χ2v) is 7.52. The highest BCUT2D eigenvalue weighted by Gasteiger charge is 2.35. The first-order valence-electron chi connectivity index (χ1n) is 7.93. The molecule has 23 heavy (non-hydrogen) atoms. The summed E-state index contributed by atoms with van der Waals surface area (Å²) in [6.45, 7) is 4.31. The first kappa shape index (κ1) is 16.1. The second kappa shape index (κ2) is 6.77. The van der Waals surface area contributed by atoms with Crippen LogP contribution in [0.2, 0.25) is 0 Å². The van der Waals surface area contributed by atoms with E-state index in [4.69, 9.17) is 5.73 Å². The van der Waals surface area contributed by atoms with Gasteiger partial charge in [0.05, 0.1) is 5.56 Å². The zero-order valence-corrected chi connectivity index (χ0v) is 14.2. The van der Waals surface area contributed by atoms with Gasteiger partial charge >= 0.3 is 0 Å². The highest BCUT2D eigenvalue weighted by molar-refractivity contribution is 7.99. The van der Waals surface area contributed by atoms with Crippen LogP contribution in [0.1, 0.15) is 23.7 Å². The van der Waals surface area contributed by atoms with E-state index in [0.29, 0.717) is 6.54 Å². The van der Waals surface area contributed by atoms with Crippen LogP contribution in [0.15, 0.2) is 64.4 Å². The molecule has 0 aliphatic carbocycles. The van der Waals surface area contributed by atoms with E-state index in [2.05, 4.69) is 19.1 Å². The van der Waals surface area contributed by atoms with Crippen molar-refractivity contribution in [1.82, 2.24) is 4.90 Å². The number of rotatable bonds is 4. The van der Waals surface area contributed by atoms with E-state index in [1.165, 1.54) is 0 Å². The van der Waals surface area contributed by atoms with Crippen LogP contribution in [0.4, 0.5) is 0 Å². The summed E-state index contributed by atoms with van der Waals surface area (Å²) in [5, 5.41) is 0. The molecule has 0 saturated carbocycles. The van der Waals surface area contributed by atoms with Gasteiger partial charge in [-0.05, 0) is 42.6 Å². The normalized spacial score (nSPS) is 20.7. The SMILES string of the molecule is CC1(CN)CCN(C(=O)c2ccccc2Sc2ccccc2)C1. The van der Waals surface area contributed by atoms with Crippen molar-refractivity contribution < 1.29 is 4.79 Å². The van der Waals surface area contributed by atoms with Crippen molar-refractivity contribution in [2.45, 2.75) is 23.1 Å². The zero-order chi connectivity index (χ0) is 16.3. The number of amides is 1. The van der Waals surface area contributed by atoms with Gasteiger partial charge in [-0.3, -0.25) is 4.79 Å². The summed E-state index contributed by atoms with van der Waals surface area (Å²) < 4.78 is 0. The molecule has 0 radical (unpaired) electrons. The lowest BCUT2D eigenvalue weighted by Gasteiger charge is -2.23. The van der Waals surface area contributed by atoms with Crippen LogP contribution in [-0.4, -0.2) is 30.4 Å². The zero-order valence-electron chi connectivity index (χ0n) is 13.4. The Hall–Kier alpha value is -1.78. The molecule has 3 nitrogen and oxygen atoms in total. The Balaban J connectivity index is 1.82. The predicted octanol–water partition coefficient (Wildman–Crippen LogP) is 3.65. The van der Waals surface area contributed by atoms with Gasteiger partial charge in [0.15, 0.2) is 0 Å². The molecule has 1 atom stereocenters. The van der Waals surface area contributed by atoms with Crippen molar-refractivity contribution >= 4 is 17.7 Å². The van der Waals surface area contributed by atoms with Crippen molar-refractivity contribution in [3.05, 3.63) is 60.2 Å². The molecule has 2 aromatic carbocycles. The lowest BCUT2D eigenvalue weighted by atomic mass is 9.90. The maximum absolute atomic E-state index is 12.9. The fourth-order valence-electron chi connectivity index (χ4n) is 2.88. The van der Waals surface area contributed by atoms with Crippen molar-refractivity contribution in [1.29, 1.82) is 0 Å². The molecule has 1 aliphatic heterocycles. The highest BCUT2D eigenvalue weighted by atomic mass is 32.2. The van der Waals surface area contributed by atoms with E-state index < -0.39 is 0 Å². The fourth-order valence-corrected chi connectivity index (χ4v) is 3.84. The number of nitrogens with zero attached hydrogens (tertiary/aromatic N) is 1. The quantitative estimate of drug-likeness (QED) is 0.933. The number of hydrogen-bond donors (Lipinski definition) is 1. The number of carbonyl (C=O) groups excluding carboxylic acids is 1. The van der Waals surface area contributed by atoms with Crippen LogP contribution >= 0.6 is 11.8 Å². The van der Waals surface area contributed by atoms with E-state index in [1.807, 2.05) is 47.4 Å². The highest BCUT2D eigenvalue weighted by Crippen LogP contribution is 2.33. The largest absolute Gasteiger partial charge is 0.338 e. The van der Waals surface area contributed by atoms with Gasteiger partial charge in [-0.1, -0.05) is 49.0 Å². The maximum Gasteiger partial charge on any atom is 0.255 e. The molecule has 4 heteroatoms. The third-order valence-corrected chi connectivity index (χ3v) is 5.51. The number of nitrogens with two attached hydrogens (primary N) is 1. The molecule has 1 heterocycles. The fraction of sp³-hybridized carbons (Fsp3) is 0.316. The van der Waals surface area contributed by atoms with Crippen LogP contribution in [0.3, 0.4) is 0 Å². The number of benzene rings is 2. The van der Waals surface area contributed by atoms with E-state index in [1.54, 1.807) is 11.8 Å². The Morgan fingerprint density at radius 2 is 1.87 bits per heavy atom. The lowest BCUT2D eigenvalue weighted by Crippen LogP contribution is -2.34. The molecule has 1 unspecified atom stereocenters. The van der Waals surface area contributed by atoms with Crippen molar-refractivity contribution in [3.63, 3.8) is 0 Å². The molecule has 2 N–H and O–H groups in total. The van der Waals surface area contributed by atoms with Gasteiger partial charge in [0.25, 0.3) is 5.91 Å². The molecule has 3 rings (SSSR count). The van der Waals surface area contributed by atoms with Gasteiger partial charge in [-0.15, -0.1) is 0 Å². The van der Waals surface area contributed by atoms with Gasteiger partial charge in [-0.25, -0.2) is 0 Å². The molecule has 1 aliphatic rings. The molecular formula is C19H22N2OS. The number of carbonyl (C=O) groups is 1. The van der Waals surface area contributed by atoms with Crippen LogP contribution in [-0.2, 0) is 0 Å². The number of likely N-dealkylation sites (tertiary alicyclic amines) is 1. The molecule has 1 fully saturated rings. The molecule has 0 aromatic heterocycles. The molecule has 0 bridgehead atoms. The van der Waals surface area contributed by atoms with Gasteiger partial charge in [-0.2, -0.15) is 0 Å². The first-order chi connectivity index (χ1) is 11.1. The Morgan fingerprint density at radius 1 is 1.17 bits per heavy atom. The molecule has 0 spiro atoms. The second-order valence-electron chi connectivity index (χ2n) is 6.40. The van der Waals surface area contributed by atoms with E-state index in [9.17, 15) is 4.79 Å². The minimum Gasteiger partial charge on any atom is -0.338 e. The Morgan fingerprint density at radius 3 is 2.57 bits per heavy atom. The monoisotopic (exact) mass is 326 g/mol. The maximum atomic E-state index is 12.9. The summed E-state index contributed by atoms with van der Waals surface area (Å²) in [4.78, 5) is 17.0. The van der Waals surface area contributed by atoms with Crippen molar-refractivity contribution in [2.24, 2.45) is 11.1 Å². The summed E-state index contributed by atoms with van der Waals surface area (Å²) in [5.41, 5.74) is 6.69. The van der Waals surface area contributed by atoms with Crippen LogP contribution < -0.4 is 5.73 Å². The van der Waals surface area contributed by atoms with E-state index in [0.717, 1.165) is 34.9 Å². The molecule has 1 saturated heterocycles. The third kappa shape index (κ3) is 3.59. The first-order valence-corrected chi connectivity index (χ1v) is 8.74. The minimum absolute atomic E-state index is 0.0528. The Bertz CT molecular complexity index is 689. The van der Waals surface area contributed by atoms with Crippen molar-refractivity contribution in [3.8, 4) is 0 Å². The van der Waals surface area contributed by atoms with E-state index in [-0.39, 0.29) is 11.3 Å². The smallest absolute Gasteiger partial charge is 0.255 e. The van der Waals surface area contributed by atoms with Crippen molar-refractivity contribution in [2.75, 3.05) is 19.6 Å². The van der Waals surface area contributed by atoms with Gasteiger partial charge in [0.1, 0.15) is 0 Å². The average Bonchev–Trinajstić information content (AvgIpc) is 2.99. The Kier molecular flexibility index (Phi) is 4.74. The van der Waals surface area contributed by atoms with Gasteiger partial charge in [0, 0.05) is 22.9 Å². The van der Waals surface area contributed by atoms with E-state index >= 15 is 0 Å². The minimum atomic E-state index is 0.0528. The molecular weight excluding hydrogens is 304 g/mol. The molecule has 1 amide bonds. The summed E-state index contributed by atoms with van der Waals surface area (Å²) in [6, 6.07) is 18.0. The summed E-state index contributed by atoms with van der Waals surface area (Å²) >= 11 is 1.63. The summed E-state index contributed by atoms with van der Waals surface area (Å²) in [7, 11) is 0. The molecule has 2 aromatic rings. The van der Waals surface area contributed by atoms with Gasteiger partial charge in [0.2, 0.25) is 0 Å². The molecule has 120 valence electrons. The average molecular weight is 326 g/mol. The van der Waals surface area contributed by atoms with Crippen LogP contribution in [0, 0.1) is 5.41 Å².